The highest BCUT2D eigenvalue weighted by atomic mass is 32.2. The number of amides is 1. The Morgan fingerprint density at radius 1 is 1.03 bits per heavy atom. The highest BCUT2D eigenvalue weighted by molar-refractivity contribution is 7.90. The van der Waals surface area contributed by atoms with E-state index < -0.39 is 9.84 Å². The first-order chi connectivity index (χ1) is 13.5. The van der Waals surface area contributed by atoms with Crippen molar-refractivity contribution < 1.29 is 17.9 Å². The van der Waals surface area contributed by atoms with Gasteiger partial charge in [0.05, 0.1) is 17.5 Å². The normalized spacial score (nSPS) is 13.0. The summed E-state index contributed by atoms with van der Waals surface area (Å²) in [6.45, 7) is 8.86. The third-order valence-electron chi connectivity index (χ3n) is 4.72. The van der Waals surface area contributed by atoms with E-state index in [0.29, 0.717) is 19.4 Å². The summed E-state index contributed by atoms with van der Waals surface area (Å²) in [6, 6.07) is 14.4. The van der Waals surface area contributed by atoms with E-state index in [0.717, 1.165) is 11.3 Å². The van der Waals surface area contributed by atoms with Gasteiger partial charge in [-0.2, -0.15) is 0 Å². The van der Waals surface area contributed by atoms with Gasteiger partial charge in [0.25, 0.3) is 0 Å². The lowest BCUT2D eigenvalue weighted by atomic mass is 9.87. The number of sulfone groups is 1. The molecule has 0 radical (unpaired) electrons. The van der Waals surface area contributed by atoms with Crippen LogP contribution in [0.25, 0.3) is 0 Å². The maximum Gasteiger partial charge on any atom is 0.220 e. The van der Waals surface area contributed by atoms with E-state index in [4.69, 9.17) is 4.74 Å². The van der Waals surface area contributed by atoms with Gasteiger partial charge in [-0.05, 0) is 54.2 Å². The van der Waals surface area contributed by atoms with Crippen molar-refractivity contribution in [2.24, 2.45) is 0 Å². The second-order valence-electron chi connectivity index (χ2n) is 8.36. The van der Waals surface area contributed by atoms with Crippen molar-refractivity contribution in [1.29, 1.82) is 0 Å². The molecule has 0 saturated heterocycles. The zero-order valence-corrected chi connectivity index (χ0v) is 18.7. The minimum absolute atomic E-state index is 0.0589. The summed E-state index contributed by atoms with van der Waals surface area (Å²) in [7, 11) is -3.22. The van der Waals surface area contributed by atoms with Gasteiger partial charge in [0.15, 0.2) is 9.84 Å². The molecule has 0 aliphatic heterocycles. The van der Waals surface area contributed by atoms with Crippen molar-refractivity contribution in [3.63, 3.8) is 0 Å². The number of nitrogens with one attached hydrogen (secondary N) is 1. The maximum absolute atomic E-state index is 12.2. The van der Waals surface area contributed by atoms with Crippen LogP contribution in [-0.2, 0) is 20.0 Å². The summed E-state index contributed by atoms with van der Waals surface area (Å²) < 4.78 is 28.8. The van der Waals surface area contributed by atoms with Crippen LogP contribution in [0.15, 0.2) is 53.4 Å². The number of hydrogen-bond acceptors (Lipinski definition) is 4. The second kappa shape index (κ2) is 9.44. The molecule has 2 aromatic carbocycles. The van der Waals surface area contributed by atoms with Crippen LogP contribution in [0.2, 0.25) is 0 Å². The molecule has 0 heterocycles. The Morgan fingerprint density at radius 3 is 2.14 bits per heavy atom. The third kappa shape index (κ3) is 7.20. The van der Waals surface area contributed by atoms with Crippen LogP contribution < -0.4 is 10.1 Å². The first-order valence-corrected chi connectivity index (χ1v) is 11.7. The monoisotopic (exact) mass is 417 g/mol. The van der Waals surface area contributed by atoms with Crippen molar-refractivity contribution in [2.45, 2.75) is 56.9 Å². The molecule has 0 unspecified atom stereocenters. The maximum atomic E-state index is 12.2. The van der Waals surface area contributed by atoms with Crippen LogP contribution >= 0.6 is 0 Å². The van der Waals surface area contributed by atoms with Gasteiger partial charge < -0.3 is 10.1 Å². The Morgan fingerprint density at radius 2 is 1.62 bits per heavy atom. The molecule has 0 fully saturated rings. The third-order valence-corrected chi connectivity index (χ3v) is 5.85. The smallest absolute Gasteiger partial charge is 0.220 e. The zero-order chi connectivity index (χ0) is 21.7. The molecule has 0 saturated carbocycles. The van der Waals surface area contributed by atoms with E-state index in [-0.39, 0.29) is 22.3 Å². The number of hydrogen-bond donors (Lipinski definition) is 1. The highest BCUT2D eigenvalue weighted by Crippen LogP contribution is 2.24. The lowest BCUT2D eigenvalue weighted by Gasteiger charge is -2.19. The van der Waals surface area contributed by atoms with Crippen LogP contribution in [0.1, 0.15) is 57.7 Å². The second-order valence-corrected chi connectivity index (χ2v) is 10.4. The lowest BCUT2D eigenvalue weighted by molar-refractivity contribution is -0.121. The summed E-state index contributed by atoms with van der Waals surface area (Å²) in [4.78, 5) is 12.4. The number of carbonyl (C=O) groups excluding carboxylic acids is 1. The van der Waals surface area contributed by atoms with Crippen molar-refractivity contribution in [3.05, 3.63) is 59.7 Å². The van der Waals surface area contributed by atoms with E-state index in [1.165, 1.54) is 11.8 Å². The SMILES string of the molecule is C[C@H](NC(=O)CCCOc1ccc(C(C)(C)C)cc1)c1ccc(S(C)(=O)=O)cc1. The molecule has 0 spiro atoms. The van der Waals surface area contributed by atoms with Crippen molar-refractivity contribution in [1.82, 2.24) is 5.32 Å². The number of benzene rings is 2. The van der Waals surface area contributed by atoms with E-state index in [1.54, 1.807) is 24.3 Å². The first-order valence-electron chi connectivity index (χ1n) is 9.79. The van der Waals surface area contributed by atoms with Gasteiger partial charge in [0.2, 0.25) is 5.91 Å². The predicted octanol–water partition coefficient (Wildman–Crippen LogP) is 4.42. The van der Waals surface area contributed by atoms with Crippen LogP contribution in [0.4, 0.5) is 0 Å². The Bertz CT molecular complexity index is 911. The quantitative estimate of drug-likeness (QED) is 0.645. The minimum Gasteiger partial charge on any atom is -0.494 e. The van der Waals surface area contributed by atoms with Gasteiger partial charge in [-0.1, -0.05) is 45.0 Å². The fourth-order valence-electron chi connectivity index (χ4n) is 2.87. The Balaban J connectivity index is 1.75. The molecular weight excluding hydrogens is 386 g/mol. The first kappa shape index (κ1) is 22.9. The Hall–Kier alpha value is -2.34. The average Bonchev–Trinajstić information content (AvgIpc) is 2.64. The summed E-state index contributed by atoms with van der Waals surface area (Å²) in [5, 5.41) is 2.93. The number of carbonyl (C=O) groups is 1. The molecule has 158 valence electrons. The van der Waals surface area contributed by atoms with Crippen LogP contribution in [0.3, 0.4) is 0 Å². The molecule has 5 nitrogen and oxygen atoms in total. The molecule has 1 N–H and O–H groups in total. The lowest BCUT2D eigenvalue weighted by Crippen LogP contribution is -2.26. The van der Waals surface area contributed by atoms with Gasteiger partial charge in [-0.25, -0.2) is 8.42 Å². The fraction of sp³-hybridized carbons (Fsp3) is 0.435. The molecule has 0 bridgehead atoms. The molecule has 1 atom stereocenters. The highest BCUT2D eigenvalue weighted by Gasteiger charge is 2.14. The molecule has 0 aliphatic rings. The number of ether oxygens (including phenoxy) is 1. The molecular formula is C23H31NO4S. The molecule has 29 heavy (non-hydrogen) atoms. The fourth-order valence-corrected chi connectivity index (χ4v) is 3.51. The molecule has 1 amide bonds. The molecule has 2 rings (SSSR count). The summed E-state index contributed by atoms with van der Waals surface area (Å²) in [5.41, 5.74) is 2.22. The average molecular weight is 418 g/mol. The minimum atomic E-state index is -3.22. The van der Waals surface area contributed by atoms with Crippen molar-refractivity contribution in [3.8, 4) is 5.75 Å². The van der Waals surface area contributed by atoms with Crippen molar-refractivity contribution >= 4 is 15.7 Å². The van der Waals surface area contributed by atoms with Gasteiger partial charge in [-0.15, -0.1) is 0 Å². The van der Waals surface area contributed by atoms with Crippen LogP contribution in [0.5, 0.6) is 5.75 Å². The standard InChI is InChI=1S/C23H31NO4S/c1-17(18-8-14-21(15-9-18)29(5,26)27)24-22(25)7-6-16-28-20-12-10-19(11-13-20)23(2,3)4/h8-15,17H,6-7,16H2,1-5H3,(H,24,25)/t17-/m0/s1. The van der Waals surface area contributed by atoms with Crippen LogP contribution in [0, 0.1) is 0 Å². The predicted molar refractivity (Wildman–Crippen MR) is 116 cm³/mol. The Kier molecular flexibility index (Phi) is 7.47. The molecule has 2 aromatic rings. The zero-order valence-electron chi connectivity index (χ0n) is 17.9. The van der Waals surface area contributed by atoms with Crippen molar-refractivity contribution in [2.75, 3.05) is 12.9 Å². The van der Waals surface area contributed by atoms with E-state index >= 15 is 0 Å². The summed E-state index contributed by atoms with van der Waals surface area (Å²) >= 11 is 0. The Labute approximate surface area is 174 Å². The van der Waals surface area contributed by atoms with Gasteiger partial charge in [0.1, 0.15) is 5.75 Å². The van der Waals surface area contributed by atoms with E-state index in [2.05, 4.69) is 38.2 Å². The van der Waals surface area contributed by atoms with Gasteiger partial charge in [-0.3, -0.25) is 4.79 Å². The topological polar surface area (TPSA) is 72.5 Å². The largest absolute Gasteiger partial charge is 0.494 e. The van der Waals surface area contributed by atoms with Gasteiger partial charge >= 0.3 is 0 Å². The molecule has 0 aromatic heterocycles. The molecule has 0 aliphatic carbocycles. The van der Waals surface area contributed by atoms with Gasteiger partial charge in [0, 0.05) is 12.7 Å². The van der Waals surface area contributed by atoms with E-state index in [1.807, 2.05) is 19.1 Å². The summed E-state index contributed by atoms with van der Waals surface area (Å²) in [5.74, 6) is 0.745. The molecule has 6 heteroatoms. The van der Waals surface area contributed by atoms with Crippen LogP contribution in [-0.4, -0.2) is 27.2 Å². The van der Waals surface area contributed by atoms with E-state index in [9.17, 15) is 13.2 Å². The number of rotatable bonds is 8. The summed E-state index contributed by atoms with van der Waals surface area (Å²) in [6.07, 6.45) is 2.16.